The van der Waals surface area contributed by atoms with Crippen molar-refractivity contribution in [2.75, 3.05) is 6.54 Å². The van der Waals surface area contributed by atoms with Crippen LogP contribution in [0.2, 0.25) is 0 Å². The van der Waals surface area contributed by atoms with Gasteiger partial charge >= 0.3 is 5.97 Å². The number of aliphatic carboxylic acids is 1. The van der Waals surface area contributed by atoms with Crippen LogP contribution in [-0.4, -0.2) is 80.7 Å². The van der Waals surface area contributed by atoms with Crippen molar-refractivity contribution in [3.05, 3.63) is 54.1 Å². The Labute approximate surface area is 208 Å². The van der Waals surface area contributed by atoms with Crippen LogP contribution in [-0.2, 0) is 32.0 Å². The van der Waals surface area contributed by atoms with Crippen molar-refractivity contribution in [2.45, 2.75) is 62.9 Å². The Morgan fingerprint density at radius 1 is 1.06 bits per heavy atom. The number of hydrogen-bond acceptors (Lipinski definition) is 7. The van der Waals surface area contributed by atoms with E-state index in [0.29, 0.717) is 18.7 Å². The molecule has 0 aliphatic carbocycles. The number of nitrogens with zero attached hydrogens (tertiary/aromatic N) is 1. The van der Waals surface area contributed by atoms with E-state index >= 15 is 0 Å². The van der Waals surface area contributed by atoms with Crippen LogP contribution in [0.4, 0.5) is 0 Å². The predicted octanol–water partition coefficient (Wildman–Crippen LogP) is -1.13. The lowest BCUT2D eigenvalue weighted by atomic mass is 10.0. The molecule has 2 heterocycles. The summed E-state index contributed by atoms with van der Waals surface area (Å²) in [5.41, 5.74) is 1.34. The summed E-state index contributed by atoms with van der Waals surface area (Å²) in [5.74, 6) is -3.12. The third-order valence-electron chi connectivity index (χ3n) is 5.95. The molecular weight excluding hydrogens is 468 g/mol. The fourth-order valence-electron chi connectivity index (χ4n) is 3.98. The van der Waals surface area contributed by atoms with Crippen LogP contribution < -0.4 is 21.3 Å². The molecule has 7 N–H and O–H groups in total. The molecule has 3 amide bonds. The predicted molar refractivity (Wildman–Crippen MR) is 129 cm³/mol. The smallest absolute Gasteiger partial charge is 0.328 e. The second-order valence-corrected chi connectivity index (χ2v) is 8.81. The largest absolute Gasteiger partial charge is 0.480 e. The van der Waals surface area contributed by atoms with Crippen LogP contribution in [0.1, 0.15) is 31.0 Å². The van der Waals surface area contributed by atoms with Gasteiger partial charge in [-0.05, 0) is 31.9 Å². The van der Waals surface area contributed by atoms with Gasteiger partial charge in [-0.2, -0.15) is 0 Å². The van der Waals surface area contributed by atoms with Crippen molar-refractivity contribution in [1.29, 1.82) is 0 Å². The van der Waals surface area contributed by atoms with Crippen LogP contribution in [0.5, 0.6) is 0 Å². The summed E-state index contributed by atoms with van der Waals surface area (Å²) in [6.07, 6.45) is 3.22. The molecule has 1 fully saturated rings. The topological polar surface area (TPSA) is 186 Å². The Bertz CT molecular complexity index is 1020. The number of aliphatic hydroxyl groups excluding tert-OH is 1. The van der Waals surface area contributed by atoms with E-state index in [-0.39, 0.29) is 18.7 Å². The second kappa shape index (κ2) is 12.8. The standard InChI is InChI=1S/C24H32N6O6/c1-14(31)20(24(35)36)30-23(34)19(11-16-12-25-13-27-16)29-22(33)18(10-15-6-3-2-4-7-15)28-21(32)17-8-5-9-26-17/h2-4,6-7,12-14,17-20,26,31H,5,8-11H2,1H3,(H,25,27)(H,28,32)(H,29,33)(H,30,34)(H,35,36). The number of imidazole rings is 1. The van der Waals surface area contributed by atoms with Crippen molar-refractivity contribution in [2.24, 2.45) is 0 Å². The van der Waals surface area contributed by atoms with Gasteiger partial charge in [0.2, 0.25) is 17.7 Å². The highest BCUT2D eigenvalue weighted by Gasteiger charge is 2.33. The van der Waals surface area contributed by atoms with E-state index in [1.54, 1.807) is 0 Å². The van der Waals surface area contributed by atoms with E-state index in [4.69, 9.17) is 0 Å². The minimum Gasteiger partial charge on any atom is -0.480 e. The highest BCUT2D eigenvalue weighted by atomic mass is 16.4. The molecule has 0 bridgehead atoms. The van der Waals surface area contributed by atoms with Gasteiger partial charge in [-0.3, -0.25) is 14.4 Å². The first-order chi connectivity index (χ1) is 17.2. The van der Waals surface area contributed by atoms with E-state index in [9.17, 15) is 29.4 Å². The Kier molecular flexibility index (Phi) is 9.53. The summed E-state index contributed by atoms with van der Waals surface area (Å²) in [5, 5.41) is 29.9. The Morgan fingerprint density at radius 3 is 2.33 bits per heavy atom. The van der Waals surface area contributed by atoms with Crippen LogP contribution in [0.25, 0.3) is 0 Å². The van der Waals surface area contributed by atoms with Crippen LogP contribution >= 0.6 is 0 Å². The number of amides is 3. The molecule has 1 aromatic heterocycles. The number of aromatic amines is 1. The van der Waals surface area contributed by atoms with Gasteiger partial charge in [-0.15, -0.1) is 0 Å². The molecular formula is C24H32N6O6. The minimum absolute atomic E-state index is 0.0140. The number of benzene rings is 1. The molecule has 0 saturated carbocycles. The zero-order valence-electron chi connectivity index (χ0n) is 19.9. The SMILES string of the molecule is CC(O)C(NC(=O)C(Cc1cnc[nH]1)NC(=O)C(Cc1ccccc1)NC(=O)C1CCCN1)C(=O)O. The van der Waals surface area contributed by atoms with Crippen LogP contribution in [0.3, 0.4) is 0 Å². The molecule has 0 radical (unpaired) electrons. The lowest BCUT2D eigenvalue weighted by Crippen LogP contribution is -2.59. The fraction of sp³-hybridized carbons (Fsp3) is 0.458. The van der Waals surface area contributed by atoms with Crippen molar-refractivity contribution in [3.63, 3.8) is 0 Å². The van der Waals surface area contributed by atoms with Crippen LogP contribution in [0, 0.1) is 0 Å². The molecule has 1 aromatic carbocycles. The Balaban J connectivity index is 1.79. The highest BCUT2D eigenvalue weighted by Crippen LogP contribution is 2.09. The maximum Gasteiger partial charge on any atom is 0.328 e. The Morgan fingerprint density at radius 2 is 1.75 bits per heavy atom. The minimum atomic E-state index is -1.56. The number of carboxylic acid groups (broad SMARTS) is 1. The maximum absolute atomic E-state index is 13.4. The van der Waals surface area contributed by atoms with E-state index < -0.39 is 48.1 Å². The molecule has 12 heteroatoms. The highest BCUT2D eigenvalue weighted by molar-refractivity contribution is 5.94. The lowest BCUT2D eigenvalue weighted by molar-refractivity contribution is -0.145. The maximum atomic E-state index is 13.4. The molecule has 12 nitrogen and oxygen atoms in total. The second-order valence-electron chi connectivity index (χ2n) is 8.81. The zero-order valence-corrected chi connectivity index (χ0v) is 19.9. The number of aliphatic hydroxyl groups is 1. The van der Waals surface area contributed by atoms with E-state index in [2.05, 4.69) is 31.2 Å². The fourth-order valence-corrected chi connectivity index (χ4v) is 3.98. The van der Waals surface area contributed by atoms with Crippen LogP contribution in [0.15, 0.2) is 42.9 Å². The number of aromatic nitrogens is 2. The summed E-state index contributed by atoms with van der Waals surface area (Å²) in [7, 11) is 0. The summed E-state index contributed by atoms with van der Waals surface area (Å²) in [6, 6.07) is 5.00. The molecule has 1 aliphatic heterocycles. The number of carbonyl (C=O) groups is 4. The summed E-state index contributed by atoms with van der Waals surface area (Å²) in [4.78, 5) is 57.4. The summed E-state index contributed by atoms with van der Waals surface area (Å²) in [6.45, 7) is 1.96. The first-order valence-corrected chi connectivity index (χ1v) is 11.8. The van der Waals surface area contributed by atoms with Crippen molar-refractivity contribution >= 4 is 23.7 Å². The van der Waals surface area contributed by atoms with Gasteiger partial charge in [0.25, 0.3) is 0 Å². The van der Waals surface area contributed by atoms with Gasteiger partial charge < -0.3 is 36.5 Å². The first kappa shape index (κ1) is 26.8. The zero-order chi connectivity index (χ0) is 26.1. The number of H-pyrrole nitrogens is 1. The molecule has 36 heavy (non-hydrogen) atoms. The van der Waals surface area contributed by atoms with E-state index in [0.717, 1.165) is 12.0 Å². The van der Waals surface area contributed by atoms with Gasteiger partial charge in [0, 0.05) is 24.7 Å². The number of rotatable bonds is 12. The third kappa shape index (κ3) is 7.62. The normalized spacial score (nSPS) is 18.4. The third-order valence-corrected chi connectivity index (χ3v) is 5.95. The van der Waals surface area contributed by atoms with E-state index in [1.807, 2.05) is 30.3 Å². The van der Waals surface area contributed by atoms with Gasteiger partial charge in [-0.25, -0.2) is 9.78 Å². The van der Waals surface area contributed by atoms with Gasteiger partial charge in [0.05, 0.1) is 18.5 Å². The lowest BCUT2D eigenvalue weighted by Gasteiger charge is -2.25. The van der Waals surface area contributed by atoms with E-state index in [1.165, 1.54) is 19.4 Å². The number of hydrogen-bond donors (Lipinski definition) is 7. The number of nitrogens with one attached hydrogen (secondary N) is 5. The Hall–Kier alpha value is -3.77. The molecule has 1 saturated heterocycles. The number of carboxylic acids is 1. The van der Waals surface area contributed by atoms with Gasteiger partial charge in [0.15, 0.2) is 6.04 Å². The average Bonchev–Trinajstić information content (AvgIpc) is 3.56. The van der Waals surface area contributed by atoms with Crippen molar-refractivity contribution < 1.29 is 29.4 Å². The first-order valence-electron chi connectivity index (χ1n) is 11.8. The summed E-state index contributed by atoms with van der Waals surface area (Å²) < 4.78 is 0. The molecule has 3 rings (SSSR count). The molecule has 1 aliphatic rings. The summed E-state index contributed by atoms with van der Waals surface area (Å²) >= 11 is 0. The molecule has 2 aromatic rings. The molecule has 5 unspecified atom stereocenters. The van der Waals surface area contributed by atoms with Crippen molar-refractivity contribution in [3.8, 4) is 0 Å². The average molecular weight is 501 g/mol. The molecule has 194 valence electrons. The monoisotopic (exact) mass is 500 g/mol. The quantitative estimate of drug-likeness (QED) is 0.191. The molecule has 0 spiro atoms. The van der Waals surface area contributed by atoms with Gasteiger partial charge in [0.1, 0.15) is 12.1 Å². The van der Waals surface area contributed by atoms with Gasteiger partial charge in [-0.1, -0.05) is 30.3 Å². The number of carbonyl (C=O) groups excluding carboxylic acids is 3. The van der Waals surface area contributed by atoms with Crippen molar-refractivity contribution in [1.82, 2.24) is 31.2 Å². The molecule has 5 atom stereocenters.